The Bertz CT molecular complexity index is 464. The highest BCUT2D eigenvalue weighted by Crippen LogP contribution is 2.39. The summed E-state index contributed by atoms with van der Waals surface area (Å²) < 4.78 is 16.0. The number of hydrogen-bond acceptors (Lipinski definition) is 5. The molecule has 104 valence electrons. The summed E-state index contributed by atoms with van der Waals surface area (Å²) in [6.45, 7) is 0.854. The molecule has 0 spiro atoms. The summed E-state index contributed by atoms with van der Waals surface area (Å²) >= 11 is 0. The van der Waals surface area contributed by atoms with Gasteiger partial charge in [-0.3, -0.25) is 4.79 Å². The second-order valence-electron chi connectivity index (χ2n) is 4.16. The Hall–Kier alpha value is -1.47. The highest BCUT2D eigenvalue weighted by Gasteiger charge is 2.32. The maximum atomic E-state index is 11.9. The number of nitrogens with two attached hydrogens (primary N) is 1. The van der Waals surface area contributed by atoms with Crippen molar-refractivity contribution in [2.75, 3.05) is 27.3 Å². The Kier molecular flexibility index (Phi) is 4.49. The topological polar surface area (TPSA) is 82.8 Å². The predicted octanol–water partition coefficient (Wildman–Crippen LogP) is 0.695. The van der Waals surface area contributed by atoms with Crippen molar-refractivity contribution in [1.82, 2.24) is 5.32 Å². The first kappa shape index (κ1) is 14.0. The van der Waals surface area contributed by atoms with Gasteiger partial charge in [-0.25, -0.2) is 0 Å². The van der Waals surface area contributed by atoms with Crippen LogP contribution in [0.1, 0.15) is 34.1 Å². The average molecular weight is 266 g/mol. The van der Waals surface area contributed by atoms with Crippen molar-refractivity contribution in [2.24, 2.45) is 5.73 Å². The second-order valence-corrected chi connectivity index (χ2v) is 4.16. The molecule has 2 rings (SSSR count). The van der Waals surface area contributed by atoms with Crippen molar-refractivity contribution >= 4 is 5.91 Å². The third-order valence-electron chi connectivity index (χ3n) is 2.96. The first-order valence-corrected chi connectivity index (χ1v) is 6.04. The Morgan fingerprint density at radius 2 is 2.00 bits per heavy atom. The summed E-state index contributed by atoms with van der Waals surface area (Å²) in [5.41, 5.74) is 7.60. The molecule has 0 radical (unpaired) electrons. The molecule has 1 aliphatic rings. The lowest BCUT2D eigenvalue weighted by atomic mass is 10.0. The molecule has 1 heterocycles. The number of nitrogens with one attached hydrogen (secondary N) is 1. The number of rotatable bonds is 5. The van der Waals surface area contributed by atoms with Crippen LogP contribution in [0.5, 0.6) is 0 Å². The van der Waals surface area contributed by atoms with E-state index in [0.29, 0.717) is 18.7 Å². The summed E-state index contributed by atoms with van der Waals surface area (Å²) in [6, 6.07) is 5.31. The number of fused-ring (bicyclic) bond motifs is 1. The lowest BCUT2D eigenvalue weighted by Gasteiger charge is -2.10. The van der Waals surface area contributed by atoms with Gasteiger partial charge in [0, 0.05) is 44.0 Å². The molecule has 2 atom stereocenters. The second kappa shape index (κ2) is 6.12. The molecule has 0 fully saturated rings. The van der Waals surface area contributed by atoms with Gasteiger partial charge in [-0.1, -0.05) is 6.07 Å². The summed E-state index contributed by atoms with van der Waals surface area (Å²) in [5.74, 6) is -0.163. The molecule has 19 heavy (non-hydrogen) atoms. The summed E-state index contributed by atoms with van der Waals surface area (Å²) in [7, 11) is 3.11. The van der Waals surface area contributed by atoms with Gasteiger partial charge in [0.25, 0.3) is 5.91 Å². The van der Waals surface area contributed by atoms with E-state index in [1.165, 1.54) is 0 Å². The lowest BCUT2D eigenvalue weighted by Crippen LogP contribution is -2.29. The van der Waals surface area contributed by atoms with Gasteiger partial charge in [-0.05, 0) is 12.1 Å². The Morgan fingerprint density at radius 1 is 1.32 bits per heavy atom. The first-order chi connectivity index (χ1) is 9.21. The molecular weight excluding hydrogens is 248 g/mol. The Morgan fingerprint density at radius 3 is 2.63 bits per heavy atom. The average Bonchev–Trinajstić information content (AvgIpc) is 2.81. The van der Waals surface area contributed by atoms with E-state index >= 15 is 0 Å². The minimum absolute atomic E-state index is 0.163. The number of ether oxygens (including phenoxy) is 3. The van der Waals surface area contributed by atoms with E-state index in [1.54, 1.807) is 26.4 Å². The Balaban J connectivity index is 2.25. The van der Waals surface area contributed by atoms with Crippen molar-refractivity contribution < 1.29 is 19.0 Å². The molecule has 2 unspecified atom stereocenters. The van der Waals surface area contributed by atoms with Gasteiger partial charge in [0.15, 0.2) is 12.6 Å². The van der Waals surface area contributed by atoms with E-state index in [1.807, 2.05) is 6.07 Å². The molecule has 0 aliphatic carbocycles. The highest BCUT2D eigenvalue weighted by atomic mass is 16.8. The van der Waals surface area contributed by atoms with Gasteiger partial charge in [-0.2, -0.15) is 0 Å². The van der Waals surface area contributed by atoms with Crippen LogP contribution in [-0.2, 0) is 14.2 Å². The lowest BCUT2D eigenvalue weighted by molar-refractivity contribution is -0.217. The van der Waals surface area contributed by atoms with Gasteiger partial charge in [-0.15, -0.1) is 0 Å². The third-order valence-corrected chi connectivity index (χ3v) is 2.96. The molecule has 0 saturated heterocycles. The SMILES string of the molecule is COC1OC(OC)c2cc(C(=O)NCCN)ccc21. The molecule has 1 aliphatic heterocycles. The van der Waals surface area contributed by atoms with Gasteiger partial charge in [0.05, 0.1) is 0 Å². The maximum Gasteiger partial charge on any atom is 0.251 e. The van der Waals surface area contributed by atoms with Crippen LogP contribution in [0.3, 0.4) is 0 Å². The number of benzene rings is 1. The molecule has 1 aromatic carbocycles. The standard InChI is InChI=1S/C13H18N2O4/c1-17-12-9-4-3-8(11(16)15-6-5-14)7-10(9)13(18-2)19-12/h3-4,7,12-13H,5-6,14H2,1-2H3,(H,15,16). The number of amides is 1. The van der Waals surface area contributed by atoms with Crippen LogP contribution in [0.15, 0.2) is 18.2 Å². The molecule has 0 saturated carbocycles. The quantitative estimate of drug-likeness (QED) is 0.819. The number of carbonyl (C=O) groups excluding carboxylic acids is 1. The monoisotopic (exact) mass is 266 g/mol. The largest absolute Gasteiger partial charge is 0.352 e. The molecule has 0 aromatic heterocycles. The zero-order chi connectivity index (χ0) is 13.8. The predicted molar refractivity (Wildman–Crippen MR) is 68.4 cm³/mol. The van der Waals surface area contributed by atoms with Gasteiger partial charge in [0.1, 0.15) is 0 Å². The van der Waals surface area contributed by atoms with E-state index < -0.39 is 12.6 Å². The van der Waals surface area contributed by atoms with Crippen LogP contribution in [0.4, 0.5) is 0 Å². The van der Waals surface area contributed by atoms with Crippen LogP contribution in [0, 0.1) is 0 Å². The van der Waals surface area contributed by atoms with Gasteiger partial charge < -0.3 is 25.3 Å². The molecule has 3 N–H and O–H groups in total. The first-order valence-electron chi connectivity index (χ1n) is 6.04. The molecular formula is C13H18N2O4. The maximum absolute atomic E-state index is 11.9. The van der Waals surface area contributed by atoms with Crippen molar-refractivity contribution in [1.29, 1.82) is 0 Å². The summed E-state index contributed by atoms with van der Waals surface area (Å²) in [5, 5.41) is 2.72. The molecule has 1 aromatic rings. The Labute approximate surface area is 111 Å². The minimum Gasteiger partial charge on any atom is -0.352 e. The van der Waals surface area contributed by atoms with Crippen LogP contribution >= 0.6 is 0 Å². The molecule has 6 heteroatoms. The van der Waals surface area contributed by atoms with E-state index in [0.717, 1.165) is 11.1 Å². The molecule has 6 nitrogen and oxygen atoms in total. The fourth-order valence-electron chi connectivity index (χ4n) is 2.05. The number of hydrogen-bond donors (Lipinski definition) is 2. The van der Waals surface area contributed by atoms with Gasteiger partial charge >= 0.3 is 0 Å². The van der Waals surface area contributed by atoms with E-state index in [2.05, 4.69) is 5.32 Å². The smallest absolute Gasteiger partial charge is 0.251 e. The van der Waals surface area contributed by atoms with Crippen LogP contribution in [0.2, 0.25) is 0 Å². The fraction of sp³-hybridized carbons (Fsp3) is 0.462. The summed E-state index contributed by atoms with van der Waals surface area (Å²) in [6.07, 6.45) is -0.969. The van der Waals surface area contributed by atoms with Crippen LogP contribution in [-0.4, -0.2) is 33.2 Å². The number of carbonyl (C=O) groups is 1. The van der Waals surface area contributed by atoms with E-state index in [-0.39, 0.29) is 5.91 Å². The normalized spacial score (nSPS) is 21.2. The zero-order valence-corrected chi connectivity index (χ0v) is 11.0. The number of methoxy groups -OCH3 is 2. The zero-order valence-electron chi connectivity index (χ0n) is 11.0. The van der Waals surface area contributed by atoms with Crippen molar-refractivity contribution in [2.45, 2.75) is 12.6 Å². The van der Waals surface area contributed by atoms with Crippen LogP contribution < -0.4 is 11.1 Å². The molecule has 0 bridgehead atoms. The summed E-state index contributed by atoms with van der Waals surface area (Å²) in [4.78, 5) is 11.9. The molecule has 1 amide bonds. The van der Waals surface area contributed by atoms with E-state index in [4.69, 9.17) is 19.9 Å². The van der Waals surface area contributed by atoms with E-state index in [9.17, 15) is 4.79 Å². The van der Waals surface area contributed by atoms with Gasteiger partial charge in [0.2, 0.25) is 0 Å². The van der Waals surface area contributed by atoms with Crippen molar-refractivity contribution in [3.63, 3.8) is 0 Å². The fourth-order valence-corrected chi connectivity index (χ4v) is 2.05. The van der Waals surface area contributed by atoms with Crippen LogP contribution in [0.25, 0.3) is 0 Å². The third kappa shape index (κ3) is 2.76. The minimum atomic E-state index is -0.512. The van der Waals surface area contributed by atoms with Crippen molar-refractivity contribution in [3.05, 3.63) is 34.9 Å². The van der Waals surface area contributed by atoms with Crippen molar-refractivity contribution in [3.8, 4) is 0 Å². The highest BCUT2D eigenvalue weighted by molar-refractivity contribution is 5.94.